The Balaban J connectivity index is 2.50. The van der Waals surface area contributed by atoms with E-state index >= 15 is 0 Å². The Morgan fingerprint density at radius 3 is 2.63 bits per heavy atom. The van der Waals surface area contributed by atoms with Crippen molar-refractivity contribution in [1.82, 2.24) is 0 Å². The quantitative estimate of drug-likeness (QED) is 0.656. The first-order chi connectivity index (χ1) is 9.29. The highest BCUT2D eigenvalue weighted by molar-refractivity contribution is 5.35. The summed E-state index contributed by atoms with van der Waals surface area (Å²) in [5.41, 5.74) is 0.884. The summed E-state index contributed by atoms with van der Waals surface area (Å²) in [6.45, 7) is 3.26. The van der Waals surface area contributed by atoms with Crippen molar-refractivity contribution < 1.29 is 14.6 Å². The molecule has 0 fully saturated rings. The van der Waals surface area contributed by atoms with Crippen LogP contribution in [-0.4, -0.2) is 25.4 Å². The van der Waals surface area contributed by atoms with Crippen LogP contribution < -0.4 is 4.74 Å². The number of hydrogen-bond acceptors (Lipinski definition) is 3. The van der Waals surface area contributed by atoms with Gasteiger partial charge in [0.25, 0.3) is 0 Å². The van der Waals surface area contributed by atoms with Crippen molar-refractivity contribution in [3.8, 4) is 5.75 Å². The molecule has 1 unspecified atom stereocenters. The normalized spacial score (nSPS) is 12.4. The molecule has 0 aliphatic heterocycles. The summed E-state index contributed by atoms with van der Waals surface area (Å²) in [5.74, 6) is 0.766. The minimum atomic E-state index is -0.435. The van der Waals surface area contributed by atoms with Gasteiger partial charge in [-0.15, -0.1) is 0 Å². The molecule has 0 saturated carbocycles. The third kappa shape index (κ3) is 6.08. The van der Waals surface area contributed by atoms with Crippen molar-refractivity contribution in [2.24, 2.45) is 0 Å². The second-order valence-corrected chi connectivity index (χ2v) is 4.74. The van der Waals surface area contributed by atoms with Crippen LogP contribution in [0.4, 0.5) is 0 Å². The minimum absolute atomic E-state index is 0.435. The van der Waals surface area contributed by atoms with Crippen LogP contribution in [0.5, 0.6) is 5.75 Å². The van der Waals surface area contributed by atoms with Crippen molar-refractivity contribution in [1.29, 1.82) is 0 Å². The van der Waals surface area contributed by atoms with E-state index in [9.17, 15) is 5.11 Å². The second-order valence-electron chi connectivity index (χ2n) is 4.74. The average molecular weight is 266 g/mol. The smallest absolute Gasteiger partial charge is 0.125 e. The number of rotatable bonds is 10. The highest BCUT2D eigenvalue weighted by Gasteiger charge is 2.12. The number of ether oxygens (including phenoxy) is 2. The third-order valence-electron chi connectivity index (χ3n) is 3.15. The Morgan fingerprint density at radius 1 is 1.11 bits per heavy atom. The molecule has 0 saturated heterocycles. The van der Waals surface area contributed by atoms with Crippen molar-refractivity contribution >= 4 is 0 Å². The molecule has 0 aliphatic carbocycles. The summed E-state index contributed by atoms with van der Waals surface area (Å²) in [4.78, 5) is 0. The molecule has 19 heavy (non-hydrogen) atoms. The maximum Gasteiger partial charge on any atom is 0.125 e. The number of aliphatic hydroxyl groups is 1. The van der Waals surface area contributed by atoms with Gasteiger partial charge in [-0.25, -0.2) is 0 Å². The van der Waals surface area contributed by atoms with Gasteiger partial charge in [0.2, 0.25) is 0 Å². The van der Waals surface area contributed by atoms with E-state index < -0.39 is 6.10 Å². The first kappa shape index (κ1) is 16.0. The molecule has 0 aromatic heterocycles. The van der Waals surface area contributed by atoms with E-state index in [-0.39, 0.29) is 0 Å². The predicted octanol–water partition coefficient (Wildman–Crippen LogP) is 3.72. The number of benzene rings is 1. The number of unbranched alkanes of at least 4 members (excludes halogenated alkanes) is 3. The Labute approximate surface area is 116 Å². The van der Waals surface area contributed by atoms with E-state index in [4.69, 9.17) is 9.47 Å². The van der Waals surface area contributed by atoms with E-state index in [0.29, 0.717) is 13.2 Å². The van der Waals surface area contributed by atoms with E-state index in [2.05, 4.69) is 6.92 Å². The maximum absolute atomic E-state index is 10.2. The molecule has 1 aromatic carbocycles. The van der Waals surface area contributed by atoms with Gasteiger partial charge < -0.3 is 14.6 Å². The molecule has 1 atom stereocenters. The Kier molecular flexibility index (Phi) is 8.26. The second kappa shape index (κ2) is 9.82. The van der Waals surface area contributed by atoms with Crippen LogP contribution >= 0.6 is 0 Å². The van der Waals surface area contributed by atoms with E-state index in [1.807, 2.05) is 24.3 Å². The SMILES string of the molecule is CCCCCCC(O)c1ccccc1OCCOC. The van der Waals surface area contributed by atoms with Gasteiger partial charge in [0.15, 0.2) is 0 Å². The highest BCUT2D eigenvalue weighted by Crippen LogP contribution is 2.28. The van der Waals surface area contributed by atoms with Crippen LogP contribution in [0.2, 0.25) is 0 Å². The number of aliphatic hydroxyl groups excluding tert-OH is 1. The third-order valence-corrected chi connectivity index (χ3v) is 3.15. The van der Waals surface area contributed by atoms with Gasteiger partial charge in [-0.2, -0.15) is 0 Å². The molecular weight excluding hydrogens is 240 g/mol. The average Bonchev–Trinajstić information content (AvgIpc) is 2.44. The van der Waals surface area contributed by atoms with Crippen LogP contribution in [0.25, 0.3) is 0 Å². The zero-order valence-corrected chi connectivity index (χ0v) is 12.1. The van der Waals surface area contributed by atoms with E-state index in [1.54, 1.807) is 7.11 Å². The molecule has 108 valence electrons. The molecule has 0 spiro atoms. The molecule has 0 aliphatic rings. The van der Waals surface area contributed by atoms with Gasteiger partial charge in [0.1, 0.15) is 12.4 Å². The highest BCUT2D eigenvalue weighted by atomic mass is 16.5. The lowest BCUT2D eigenvalue weighted by molar-refractivity contribution is 0.135. The Bertz CT molecular complexity index is 339. The van der Waals surface area contributed by atoms with Crippen LogP contribution in [0.3, 0.4) is 0 Å². The molecule has 1 rings (SSSR count). The monoisotopic (exact) mass is 266 g/mol. The summed E-state index contributed by atoms with van der Waals surface area (Å²) in [6.07, 6.45) is 5.05. The molecule has 1 aromatic rings. The predicted molar refractivity (Wildman–Crippen MR) is 77.5 cm³/mol. The summed E-state index contributed by atoms with van der Waals surface area (Å²) in [7, 11) is 1.65. The van der Waals surface area contributed by atoms with Gasteiger partial charge in [0.05, 0.1) is 12.7 Å². The van der Waals surface area contributed by atoms with Gasteiger partial charge in [-0.3, -0.25) is 0 Å². The number of hydrogen-bond donors (Lipinski definition) is 1. The minimum Gasteiger partial charge on any atom is -0.491 e. The lowest BCUT2D eigenvalue weighted by Gasteiger charge is -2.16. The van der Waals surface area contributed by atoms with Crippen LogP contribution in [0.1, 0.15) is 50.7 Å². The van der Waals surface area contributed by atoms with Crippen molar-refractivity contribution in [3.05, 3.63) is 29.8 Å². The standard InChI is InChI=1S/C16H26O3/c1-3-4-5-6-10-15(17)14-9-7-8-11-16(14)19-13-12-18-2/h7-9,11,15,17H,3-6,10,12-13H2,1-2H3. The number of methoxy groups -OCH3 is 1. The summed E-state index contributed by atoms with van der Waals surface area (Å²) in [5, 5.41) is 10.2. The summed E-state index contributed by atoms with van der Waals surface area (Å²) >= 11 is 0. The maximum atomic E-state index is 10.2. The molecule has 0 bridgehead atoms. The fourth-order valence-electron chi connectivity index (χ4n) is 2.04. The first-order valence-electron chi connectivity index (χ1n) is 7.18. The molecule has 3 nitrogen and oxygen atoms in total. The Hall–Kier alpha value is -1.06. The van der Waals surface area contributed by atoms with Crippen molar-refractivity contribution in [3.63, 3.8) is 0 Å². The zero-order valence-electron chi connectivity index (χ0n) is 12.1. The molecule has 0 amide bonds. The van der Waals surface area contributed by atoms with Crippen molar-refractivity contribution in [2.45, 2.75) is 45.1 Å². The van der Waals surface area contributed by atoms with Gasteiger partial charge in [-0.05, 0) is 12.5 Å². The van der Waals surface area contributed by atoms with Crippen LogP contribution in [0.15, 0.2) is 24.3 Å². The largest absolute Gasteiger partial charge is 0.491 e. The van der Waals surface area contributed by atoms with Crippen molar-refractivity contribution in [2.75, 3.05) is 20.3 Å². The molecule has 0 radical (unpaired) electrons. The lowest BCUT2D eigenvalue weighted by atomic mass is 10.0. The van der Waals surface area contributed by atoms with Gasteiger partial charge in [0, 0.05) is 12.7 Å². The first-order valence-corrected chi connectivity index (χ1v) is 7.18. The number of para-hydroxylation sites is 1. The van der Waals surface area contributed by atoms with Crippen LogP contribution in [-0.2, 0) is 4.74 Å². The van der Waals surface area contributed by atoms with E-state index in [0.717, 1.165) is 24.2 Å². The topological polar surface area (TPSA) is 38.7 Å². The molecule has 0 heterocycles. The lowest BCUT2D eigenvalue weighted by Crippen LogP contribution is -2.07. The Morgan fingerprint density at radius 2 is 1.89 bits per heavy atom. The van der Waals surface area contributed by atoms with E-state index in [1.165, 1.54) is 19.3 Å². The van der Waals surface area contributed by atoms with Gasteiger partial charge in [-0.1, -0.05) is 50.8 Å². The fraction of sp³-hybridized carbons (Fsp3) is 0.625. The zero-order chi connectivity index (χ0) is 13.9. The molecular formula is C16H26O3. The summed E-state index contributed by atoms with van der Waals surface area (Å²) in [6, 6.07) is 7.70. The molecule has 1 N–H and O–H groups in total. The fourth-order valence-corrected chi connectivity index (χ4v) is 2.04. The molecule has 3 heteroatoms. The van der Waals surface area contributed by atoms with Gasteiger partial charge >= 0.3 is 0 Å². The summed E-state index contributed by atoms with van der Waals surface area (Å²) < 4.78 is 10.6. The van der Waals surface area contributed by atoms with Crippen LogP contribution in [0, 0.1) is 0 Å².